The van der Waals surface area contributed by atoms with Gasteiger partial charge in [-0.2, -0.15) is 13.2 Å². The highest BCUT2D eigenvalue weighted by Crippen LogP contribution is 2.39. The largest absolute Gasteiger partial charge is 0.416 e. The molecule has 0 saturated carbocycles. The fourth-order valence-corrected chi connectivity index (χ4v) is 9.98. The van der Waals surface area contributed by atoms with Crippen LogP contribution in [0, 0.1) is 41.5 Å². The number of halogens is 3. The van der Waals surface area contributed by atoms with Crippen LogP contribution >= 0.6 is 0 Å². The predicted molar refractivity (Wildman–Crippen MR) is 263 cm³/mol. The summed E-state index contributed by atoms with van der Waals surface area (Å²) in [4.78, 5) is 10.2. The van der Waals surface area contributed by atoms with Gasteiger partial charge in [-0.1, -0.05) is 139 Å². The number of fused-ring (bicyclic) bond motifs is 3. The Bertz CT molecular complexity index is 3350. The Balaban J connectivity index is 1.32. The predicted octanol–water partition coefficient (Wildman–Crippen LogP) is 13.1. The summed E-state index contributed by atoms with van der Waals surface area (Å²) in [7, 11) is 0. The van der Waals surface area contributed by atoms with E-state index in [0.717, 1.165) is 55.8 Å². The minimum absolute atomic E-state index is 0.320. The molecule has 1 aromatic heterocycles. The van der Waals surface area contributed by atoms with Gasteiger partial charge in [-0.25, -0.2) is 9.98 Å². The molecule has 1 aliphatic heterocycles. The summed E-state index contributed by atoms with van der Waals surface area (Å²) in [6.45, 7) is 12.9. The number of aliphatic imine (C=N–C) groups is 2. The zero-order valence-corrected chi connectivity index (χ0v) is 37.2. The number of amidine groups is 2. The average Bonchev–Trinajstić information content (AvgIpc) is 3.61. The minimum Gasteiger partial charge on any atom is -0.324 e. The van der Waals surface area contributed by atoms with Gasteiger partial charge in [0, 0.05) is 32.8 Å². The smallest absolute Gasteiger partial charge is 0.324 e. The highest BCUT2D eigenvalue weighted by molar-refractivity contribution is 6.16. The van der Waals surface area contributed by atoms with E-state index in [1.54, 1.807) is 6.08 Å². The van der Waals surface area contributed by atoms with Gasteiger partial charge in [-0.05, 0) is 134 Å². The first-order valence-electron chi connectivity index (χ1n) is 21.9. The van der Waals surface area contributed by atoms with Crippen LogP contribution < -0.4 is 15.8 Å². The van der Waals surface area contributed by atoms with Gasteiger partial charge in [0.2, 0.25) is 0 Å². The molecule has 0 radical (unpaired) electrons. The summed E-state index contributed by atoms with van der Waals surface area (Å²) in [5.41, 5.74) is 16.3. The van der Waals surface area contributed by atoms with Gasteiger partial charge in [0.15, 0.2) is 5.84 Å². The number of aromatic nitrogens is 1. The second kappa shape index (κ2) is 16.2. The third-order valence-corrected chi connectivity index (χ3v) is 12.6. The number of rotatable bonds is 5. The Morgan fingerprint density at radius 2 is 1.08 bits per heavy atom. The van der Waals surface area contributed by atoms with E-state index in [9.17, 15) is 13.2 Å². The van der Waals surface area contributed by atoms with Crippen LogP contribution in [0.1, 0.15) is 50.9 Å². The van der Waals surface area contributed by atoms with Crippen LogP contribution in [-0.4, -0.2) is 22.4 Å². The molecular weight excluding hydrogens is 810 g/mol. The first kappa shape index (κ1) is 41.5. The second-order valence-corrected chi connectivity index (χ2v) is 17.4. The Morgan fingerprint density at radius 3 is 1.62 bits per heavy atom. The fourth-order valence-electron chi connectivity index (χ4n) is 9.98. The summed E-state index contributed by atoms with van der Waals surface area (Å²) in [5.74, 6) is 1.57. The number of hydrogen-bond acceptors (Lipinski definition) is 3. The molecule has 7 aromatic carbocycles. The summed E-state index contributed by atoms with van der Waals surface area (Å²) in [6, 6.07) is 48.0. The Hall–Kier alpha value is -7.51. The van der Waals surface area contributed by atoms with Crippen molar-refractivity contribution in [3.8, 4) is 27.9 Å². The van der Waals surface area contributed by atoms with Crippen LogP contribution in [-0.2, 0) is 0 Å². The number of alkyl halides is 3. The third-order valence-electron chi connectivity index (χ3n) is 12.6. The fraction of sp³-hybridized carbons (Fsp3) is 0.138. The van der Waals surface area contributed by atoms with Gasteiger partial charge in [-0.15, -0.1) is 0 Å². The molecule has 0 spiro atoms. The van der Waals surface area contributed by atoms with E-state index in [0.29, 0.717) is 39.9 Å². The third kappa shape index (κ3) is 7.71. The zero-order chi connectivity index (χ0) is 45.1. The second-order valence-electron chi connectivity index (χ2n) is 17.4. The summed E-state index contributed by atoms with van der Waals surface area (Å²) < 4.78 is 45.4. The lowest BCUT2D eigenvalue weighted by Gasteiger charge is -2.19. The van der Waals surface area contributed by atoms with Crippen LogP contribution in [0.3, 0.4) is 0 Å². The van der Waals surface area contributed by atoms with E-state index in [2.05, 4.69) is 118 Å². The zero-order valence-electron chi connectivity index (χ0n) is 37.2. The maximum atomic E-state index is 14.4. The lowest BCUT2D eigenvalue weighted by atomic mass is 9.92. The maximum Gasteiger partial charge on any atom is 0.416 e. The molecule has 0 bridgehead atoms. The molecule has 65 heavy (non-hydrogen) atoms. The van der Waals surface area contributed by atoms with Crippen molar-refractivity contribution in [1.82, 2.24) is 9.88 Å². The summed E-state index contributed by atoms with van der Waals surface area (Å²) in [5, 5.41) is 7.03. The van der Waals surface area contributed by atoms with Gasteiger partial charge in [0.05, 0.1) is 16.6 Å². The Labute approximate surface area is 376 Å². The number of hydrogen-bond donors (Lipinski definition) is 1. The van der Waals surface area contributed by atoms with Crippen LogP contribution in [0.25, 0.3) is 61.1 Å². The van der Waals surface area contributed by atoms with E-state index < -0.39 is 11.7 Å². The first-order valence-corrected chi connectivity index (χ1v) is 21.9. The molecule has 1 aliphatic carbocycles. The molecule has 0 saturated heterocycles. The van der Waals surface area contributed by atoms with Gasteiger partial charge in [0.25, 0.3) is 0 Å². The molecule has 10 rings (SSSR count). The summed E-state index contributed by atoms with van der Waals surface area (Å²) >= 11 is 0. The first-order chi connectivity index (χ1) is 31.3. The molecule has 7 heteroatoms. The van der Waals surface area contributed by atoms with Gasteiger partial charge >= 0.3 is 6.18 Å². The molecule has 4 nitrogen and oxygen atoms in total. The lowest BCUT2D eigenvalue weighted by Crippen LogP contribution is -2.38. The van der Waals surface area contributed by atoms with Crippen molar-refractivity contribution in [1.29, 1.82) is 0 Å². The average molecular weight is 857 g/mol. The molecule has 2 aliphatic rings. The monoisotopic (exact) mass is 856 g/mol. The van der Waals surface area contributed by atoms with Crippen molar-refractivity contribution in [2.45, 2.75) is 54.1 Å². The standard InChI is InChI=1S/C58H47F3N4/c1-34-26-36(3)53(37(4)27-34)43-20-23-48-49-24-21-44(54-38(5)28-35(2)29-39(54)6)32-52(49)65(51(48)31-43)46-22-25-47(42-18-13-19-45(30-42)58(59,60)61)50(33-46)57-63-55(40-14-9-7-10-15-40)62-56(64-57)41-16-11-8-12-17-41/h7-17,19-33H,18H2,1-6H3,(H,62,63,64). The lowest BCUT2D eigenvalue weighted by molar-refractivity contribution is -0.0882. The van der Waals surface area contributed by atoms with Crippen LogP contribution in [0.4, 0.5) is 13.2 Å². The number of nitrogens with one attached hydrogen (secondary N) is 1. The van der Waals surface area contributed by atoms with Crippen molar-refractivity contribution >= 4 is 44.9 Å². The molecule has 1 N–H and O–H groups in total. The highest BCUT2D eigenvalue weighted by Gasteiger charge is 2.33. The van der Waals surface area contributed by atoms with Gasteiger partial charge < -0.3 is 9.88 Å². The molecule has 8 aromatic rings. The van der Waals surface area contributed by atoms with Crippen molar-refractivity contribution in [2.75, 3.05) is 0 Å². The van der Waals surface area contributed by atoms with Crippen molar-refractivity contribution < 1.29 is 13.2 Å². The Kier molecular flexibility index (Phi) is 10.4. The van der Waals surface area contributed by atoms with Crippen molar-refractivity contribution in [2.24, 2.45) is 9.98 Å². The maximum absolute atomic E-state index is 14.4. The van der Waals surface area contributed by atoms with Gasteiger partial charge in [0.1, 0.15) is 11.7 Å². The van der Waals surface area contributed by atoms with Crippen LogP contribution in [0.2, 0.25) is 0 Å². The number of allylic oxidation sites excluding steroid dienone is 4. The van der Waals surface area contributed by atoms with Crippen molar-refractivity contribution in [3.05, 3.63) is 218 Å². The van der Waals surface area contributed by atoms with E-state index in [1.165, 1.54) is 50.6 Å². The quantitative estimate of drug-likeness (QED) is 0.184. The SMILES string of the molecule is Cc1cc(C)c(-c2ccc3c4ccc(-c5c(C)cc(C)cc5C)cc4n(-c4ccc(=C5C=C(C(F)(F)F)C=CC5)c(=C5N=C(c6ccccc6)N=C(c6ccccc6)N5)c4)c3c2)c(C)c1. The van der Waals surface area contributed by atoms with Crippen molar-refractivity contribution in [3.63, 3.8) is 0 Å². The molecule has 320 valence electrons. The topological polar surface area (TPSA) is 41.7 Å². The molecular formula is C58H47F3N4. The molecule has 0 atom stereocenters. The molecule has 0 fully saturated rings. The van der Waals surface area contributed by atoms with E-state index in [4.69, 9.17) is 9.98 Å². The minimum atomic E-state index is -4.51. The van der Waals surface area contributed by atoms with Crippen LogP contribution in [0.5, 0.6) is 0 Å². The number of aryl methyl sites for hydroxylation is 6. The van der Waals surface area contributed by atoms with Crippen LogP contribution in [0.15, 0.2) is 173 Å². The van der Waals surface area contributed by atoms with Gasteiger partial charge in [-0.3, -0.25) is 0 Å². The molecule has 0 amide bonds. The molecule has 0 unspecified atom stereocenters. The number of nitrogens with zero attached hydrogens (tertiary/aromatic N) is 3. The highest BCUT2D eigenvalue weighted by atomic mass is 19.4. The van der Waals surface area contributed by atoms with E-state index >= 15 is 0 Å². The van der Waals surface area contributed by atoms with E-state index in [1.807, 2.05) is 72.8 Å². The molecule has 2 heterocycles. The Morgan fingerprint density at radius 1 is 0.538 bits per heavy atom. The number of benzene rings is 7. The normalized spacial score (nSPS) is 15.8. The van der Waals surface area contributed by atoms with E-state index in [-0.39, 0.29) is 0 Å². The summed E-state index contributed by atoms with van der Waals surface area (Å²) in [6.07, 6.45) is -0.166.